The van der Waals surface area contributed by atoms with Crippen molar-refractivity contribution in [2.24, 2.45) is 5.41 Å². The third-order valence-electron chi connectivity index (χ3n) is 5.46. The molecule has 0 bridgehead atoms. The van der Waals surface area contributed by atoms with Crippen LogP contribution in [0.3, 0.4) is 0 Å². The lowest BCUT2D eigenvalue weighted by Crippen LogP contribution is -2.43. The Morgan fingerprint density at radius 1 is 0.679 bits per heavy atom. The van der Waals surface area contributed by atoms with E-state index >= 15 is 0 Å². The maximum Gasteiger partial charge on any atom is 0.0450 e. The van der Waals surface area contributed by atoms with Crippen LogP contribution in [0.4, 0.5) is 0 Å². The highest BCUT2D eigenvalue weighted by atomic mass is 35.5. The second kappa shape index (κ2) is 13.0. The fraction of sp³-hybridized carbons (Fsp3) is 0.455. The van der Waals surface area contributed by atoms with Crippen molar-refractivity contribution in [3.05, 3.63) is 69.7 Å². The van der Waals surface area contributed by atoms with E-state index in [0.29, 0.717) is 5.41 Å². The summed E-state index contributed by atoms with van der Waals surface area (Å²) in [4.78, 5) is 0. The quantitative estimate of drug-likeness (QED) is 0.456. The first kappa shape index (κ1) is 25.6. The number of nitrogens with one attached hydrogen (secondary N) is 2. The van der Waals surface area contributed by atoms with Gasteiger partial charge in [-0.05, 0) is 41.5 Å². The van der Waals surface area contributed by atoms with Gasteiger partial charge in [0.25, 0.3) is 0 Å². The molecule has 0 atom stereocenters. The molecule has 2 aromatic rings. The van der Waals surface area contributed by atoms with Crippen LogP contribution in [0.2, 0.25) is 10.0 Å². The Morgan fingerprint density at radius 3 is 1.54 bits per heavy atom. The number of rotatable bonds is 8. The van der Waals surface area contributed by atoms with E-state index in [9.17, 15) is 0 Å². The van der Waals surface area contributed by atoms with Gasteiger partial charge in [0, 0.05) is 36.2 Å². The predicted molar refractivity (Wildman–Crippen MR) is 126 cm³/mol. The van der Waals surface area contributed by atoms with E-state index in [-0.39, 0.29) is 24.8 Å². The van der Waals surface area contributed by atoms with E-state index in [1.165, 1.54) is 43.2 Å². The Bertz CT molecular complexity index is 649. The van der Waals surface area contributed by atoms with Gasteiger partial charge in [-0.15, -0.1) is 24.8 Å². The van der Waals surface area contributed by atoms with Crippen LogP contribution in [-0.4, -0.2) is 13.1 Å². The summed E-state index contributed by atoms with van der Waals surface area (Å²) in [6.45, 7) is 3.69. The van der Waals surface area contributed by atoms with Gasteiger partial charge in [-0.25, -0.2) is 0 Å². The van der Waals surface area contributed by atoms with Gasteiger partial charge in [0.2, 0.25) is 0 Å². The number of hydrogen-bond acceptors (Lipinski definition) is 2. The van der Waals surface area contributed by atoms with Gasteiger partial charge in [0.15, 0.2) is 0 Å². The molecule has 2 nitrogen and oxygen atoms in total. The first-order valence-electron chi connectivity index (χ1n) is 9.57. The molecule has 1 aliphatic rings. The molecular weight excluding hydrogens is 434 g/mol. The lowest BCUT2D eigenvalue weighted by atomic mass is 9.73. The van der Waals surface area contributed by atoms with E-state index in [2.05, 4.69) is 22.8 Å². The van der Waals surface area contributed by atoms with Crippen molar-refractivity contribution in [1.29, 1.82) is 0 Å². The van der Waals surface area contributed by atoms with E-state index in [1.807, 2.05) is 36.4 Å². The first-order chi connectivity index (χ1) is 12.7. The lowest BCUT2D eigenvalue weighted by molar-refractivity contribution is 0.175. The van der Waals surface area contributed by atoms with Crippen molar-refractivity contribution >= 4 is 48.0 Å². The average molecular weight is 464 g/mol. The monoisotopic (exact) mass is 462 g/mol. The van der Waals surface area contributed by atoms with Gasteiger partial charge in [0.05, 0.1) is 0 Å². The molecule has 6 heteroatoms. The molecule has 2 aromatic carbocycles. The number of halogens is 4. The Hall–Kier alpha value is -0.480. The van der Waals surface area contributed by atoms with Crippen molar-refractivity contribution < 1.29 is 0 Å². The standard InChI is InChI=1S/C22H28Cl2N2.2ClH/c23-20-10-4-2-8-18(20)14-25-16-22(12-6-1-7-13-22)17-26-15-19-9-3-5-11-21(19)24;;/h2-5,8-11,25-26H,1,6-7,12-17H2;2*1H. The molecule has 1 fully saturated rings. The van der Waals surface area contributed by atoms with Gasteiger partial charge >= 0.3 is 0 Å². The number of hydrogen-bond donors (Lipinski definition) is 2. The third-order valence-corrected chi connectivity index (χ3v) is 6.20. The average Bonchev–Trinajstić information content (AvgIpc) is 2.66. The highest BCUT2D eigenvalue weighted by Gasteiger charge is 2.31. The molecule has 1 saturated carbocycles. The third kappa shape index (κ3) is 7.40. The summed E-state index contributed by atoms with van der Waals surface area (Å²) in [7, 11) is 0. The molecule has 0 heterocycles. The molecule has 0 aromatic heterocycles. The van der Waals surface area contributed by atoms with Crippen molar-refractivity contribution in [3.8, 4) is 0 Å². The second-order valence-electron chi connectivity index (χ2n) is 7.45. The Morgan fingerprint density at radius 2 is 1.11 bits per heavy atom. The van der Waals surface area contributed by atoms with Crippen LogP contribution in [0.5, 0.6) is 0 Å². The van der Waals surface area contributed by atoms with Gasteiger partial charge in [-0.1, -0.05) is 78.9 Å². The second-order valence-corrected chi connectivity index (χ2v) is 8.26. The maximum atomic E-state index is 6.28. The summed E-state index contributed by atoms with van der Waals surface area (Å²) in [6.07, 6.45) is 6.55. The Balaban J connectivity index is 0.00000196. The fourth-order valence-electron chi connectivity index (χ4n) is 3.93. The van der Waals surface area contributed by atoms with Crippen LogP contribution in [0.1, 0.15) is 43.2 Å². The summed E-state index contributed by atoms with van der Waals surface area (Å²) in [5.41, 5.74) is 2.66. The Kier molecular flexibility index (Phi) is 11.8. The normalized spacial score (nSPS) is 15.4. The van der Waals surface area contributed by atoms with E-state index in [4.69, 9.17) is 23.2 Å². The zero-order chi connectivity index (χ0) is 18.2. The molecule has 0 unspecified atom stereocenters. The summed E-state index contributed by atoms with van der Waals surface area (Å²) in [5.74, 6) is 0. The molecule has 0 spiro atoms. The van der Waals surface area contributed by atoms with Crippen molar-refractivity contribution in [2.75, 3.05) is 13.1 Å². The minimum absolute atomic E-state index is 0. The summed E-state index contributed by atoms with van der Waals surface area (Å²) >= 11 is 12.6. The van der Waals surface area contributed by atoms with Crippen molar-refractivity contribution in [3.63, 3.8) is 0 Å². The first-order valence-corrected chi connectivity index (χ1v) is 10.3. The molecule has 0 aliphatic heterocycles. The van der Waals surface area contributed by atoms with Crippen LogP contribution in [0.15, 0.2) is 48.5 Å². The smallest absolute Gasteiger partial charge is 0.0450 e. The topological polar surface area (TPSA) is 24.1 Å². The summed E-state index contributed by atoms with van der Waals surface area (Å²) in [6, 6.07) is 16.2. The molecule has 3 rings (SSSR count). The molecule has 1 aliphatic carbocycles. The molecule has 28 heavy (non-hydrogen) atoms. The Labute approximate surface area is 191 Å². The lowest BCUT2D eigenvalue weighted by Gasteiger charge is -2.38. The summed E-state index contributed by atoms with van der Waals surface area (Å²) in [5, 5.41) is 9.01. The van der Waals surface area contributed by atoms with Gasteiger partial charge in [-0.2, -0.15) is 0 Å². The fourth-order valence-corrected chi connectivity index (χ4v) is 4.33. The summed E-state index contributed by atoms with van der Waals surface area (Å²) < 4.78 is 0. The van der Waals surface area contributed by atoms with Crippen LogP contribution >= 0.6 is 48.0 Å². The highest BCUT2D eigenvalue weighted by Crippen LogP contribution is 2.35. The van der Waals surface area contributed by atoms with E-state index in [1.54, 1.807) is 0 Å². The van der Waals surface area contributed by atoms with Crippen LogP contribution < -0.4 is 10.6 Å². The van der Waals surface area contributed by atoms with Crippen LogP contribution in [0, 0.1) is 5.41 Å². The molecule has 2 N–H and O–H groups in total. The zero-order valence-electron chi connectivity index (χ0n) is 16.1. The SMILES string of the molecule is Cl.Cl.Clc1ccccc1CNCC1(CNCc2ccccc2Cl)CCCCC1. The highest BCUT2D eigenvalue weighted by molar-refractivity contribution is 6.31. The van der Waals surface area contributed by atoms with Crippen molar-refractivity contribution in [2.45, 2.75) is 45.2 Å². The predicted octanol–water partition coefficient (Wildman–Crippen LogP) is 6.67. The van der Waals surface area contributed by atoms with E-state index < -0.39 is 0 Å². The maximum absolute atomic E-state index is 6.28. The zero-order valence-corrected chi connectivity index (χ0v) is 19.2. The number of benzene rings is 2. The molecule has 0 amide bonds. The molecule has 156 valence electrons. The largest absolute Gasteiger partial charge is 0.312 e. The van der Waals surface area contributed by atoms with Crippen LogP contribution in [-0.2, 0) is 13.1 Å². The van der Waals surface area contributed by atoms with Gasteiger partial charge < -0.3 is 10.6 Å². The molecule has 0 saturated heterocycles. The van der Waals surface area contributed by atoms with Gasteiger partial charge in [0.1, 0.15) is 0 Å². The van der Waals surface area contributed by atoms with Crippen LogP contribution in [0.25, 0.3) is 0 Å². The molecular formula is C22H30Cl4N2. The minimum atomic E-state index is 0. The van der Waals surface area contributed by atoms with Gasteiger partial charge in [-0.3, -0.25) is 0 Å². The van der Waals surface area contributed by atoms with Crippen molar-refractivity contribution in [1.82, 2.24) is 10.6 Å². The van der Waals surface area contributed by atoms with E-state index in [0.717, 1.165) is 36.2 Å². The molecule has 0 radical (unpaired) electrons. The minimum Gasteiger partial charge on any atom is -0.312 e.